The molecule has 3 aromatic rings. The molecule has 2 aromatic carbocycles. The average Bonchev–Trinajstić information content (AvgIpc) is 3.14. The van der Waals surface area contributed by atoms with Crippen molar-refractivity contribution in [1.29, 1.82) is 5.26 Å². The van der Waals surface area contributed by atoms with E-state index in [1.807, 2.05) is 6.07 Å². The van der Waals surface area contributed by atoms with E-state index in [9.17, 15) is 18.4 Å². The number of hydrogen-bond acceptors (Lipinski definition) is 3. The average molecular weight is 423 g/mol. The van der Waals surface area contributed by atoms with Gasteiger partial charge >= 0.3 is 6.18 Å². The Morgan fingerprint density at radius 1 is 1.11 bits per heavy atom. The van der Waals surface area contributed by atoms with Crippen molar-refractivity contribution in [2.24, 2.45) is 0 Å². The molecule has 1 heterocycles. The van der Waals surface area contributed by atoms with Gasteiger partial charge in [-0.2, -0.15) is 23.5 Å². The van der Waals surface area contributed by atoms with Crippen molar-refractivity contribution in [2.75, 3.05) is 0 Å². The molecular formula is C19H11Cl2F3N4. The molecule has 1 atom stereocenters. The maximum Gasteiger partial charge on any atom is 0.399 e. The molecule has 9 heteroatoms. The lowest BCUT2D eigenvalue weighted by Gasteiger charge is -2.18. The first-order chi connectivity index (χ1) is 13.3. The van der Waals surface area contributed by atoms with Crippen LogP contribution in [0, 0.1) is 11.3 Å². The molecule has 0 aliphatic heterocycles. The van der Waals surface area contributed by atoms with E-state index in [0.29, 0.717) is 11.3 Å². The topological polar surface area (TPSA) is 54.5 Å². The number of nitriles is 1. The minimum Gasteiger partial charge on any atom is -0.223 e. The Hall–Kier alpha value is -2.82. The van der Waals surface area contributed by atoms with Crippen LogP contribution in [0.3, 0.4) is 0 Å². The summed E-state index contributed by atoms with van der Waals surface area (Å²) < 4.78 is 42.1. The Balaban J connectivity index is 1.96. The maximum absolute atomic E-state index is 13.6. The van der Waals surface area contributed by atoms with Gasteiger partial charge in [-0.25, -0.2) is 9.67 Å². The number of nitrogens with zero attached hydrogens (tertiary/aromatic N) is 4. The monoisotopic (exact) mass is 422 g/mol. The number of halogens is 5. The van der Waals surface area contributed by atoms with E-state index in [2.05, 4.69) is 10.1 Å². The Morgan fingerprint density at radius 2 is 1.82 bits per heavy atom. The minimum absolute atomic E-state index is 0.0685. The third-order valence-electron chi connectivity index (χ3n) is 3.88. The van der Waals surface area contributed by atoms with Crippen molar-refractivity contribution in [3.63, 3.8) is 0 Å². The highest BCUT2D eigenvalue weighted by molar-refractivity contribution is 6.34. The largest absolute Gasteiger partial charge is 0.399 e. The smallest absolute Gasteiger partial charge is 0.223 e. The zero-order chi connectivity index (χ0) is 20.3. The van der Waals surface area contributed by atoms with E-state index in [4.69, 9.17) is 23.2 Å². The molecule has 0 bridgehead atoms. The van der Waals surface area contributed by atoms with E-state index in [1.54, 1.807) is 12.1 Å². The lowest BCUT2D eigenvalue weighted by atomic mass is 9.96. The van der Waals surface area contributed by atoms with Gasteiger partial charge in [0, 0.05) is 10.0 Å². The van der Waals surface area contributed by atoms with E-state index in [-0.39, 0.29) is 21.2 Å². The highest BCUT2D eigenvalue weighted by Crippen LogP contribution is 2.38. The number of hydrogen-bond donors (Lipinski definition) is 0. The van der Waals surface area contributed by atoms with E-state index in [1.165, 1.54) is 47.7 Å². The molecule has 0 aliphatic rings. The van der Waals surface area contributed by atoms with Gasteiger partial charge in [0.1, 0.15) is 18.7 Å². The van der Waals surface area contributed by atoms with Crippen LogP contribution in [0.15, 0.2) is 55.1 Å². The summed E-state index contributed by atoms with van der Waals surface area (Å²) in [4.78, 5) is 3.81. The summed E-state index contributed by atoms with van der Waals surface area (Å²) in [6, 6.07) is 10.5. The number of allylic oxidation sites excluding steroid dienone is 1. The van der Waals surface area contributed by atoms with Crippen LogP contribution in [0.25, 0.3) is 11.8 Å². The van der Waals surface area contributed by atoms with Gasteiger partial charge in [0.15, 0.2) is 0 Å². The molecule has 0 N–H and O–H groups in total. The Morgan fingerprint density at radius 3 is 2.39 bits per heavy atom. The number of benzene rings is 2. The molecule has 0 saturated heterocycles. The molecule has 0 saturated carbocycles. The van der Waals surface area contributed by atoms with Crippen LogP contribution >= 0.6 is 23.2 Å². The summed E-state index contributed by atoms with van der Waals surface area (Å²) in [5, 5.41) is 13.5. The van der Waals surface area contributed by atoms with Crippen molar-refractivity contribution in [1.82, 2.24) is 14.8 Å². The molecule has 0 aliphatic carbocycles. The van der Waals surface area contributed by atoms with Gasteiger partial charge in [-0.15, -0.1) is 0 Å². The van der Waals surface area contributed by atoms with Gasteiger partial charge < -0.3 is 0 Å². The van der Waals surface area contributed by atoms with Crippen molar-refractivity contribution in [2.45, 2.75) is 12.1 Å². The van der Waals surface area contributed by atoms with Crippen LogP contribution in [-0.2, 0) is 0 Å². The second-order valence-corrected chi connectivity index (χ2v) is 6.68. The third-order valence-corrected chi connectivity index (χ3v) is 4.32. The quantitative estimate of drug-likeness (QED) is 0.533. The van der Waals surface area contributed by atoms with Crippen LogP contribution < -0.4 is 0 Å². The molecule has 0 spiro atoms. The Bertz CT molecular complexity index is 1030. The lowest BCUT2D eigenvalue weighted by molar-refractivity contribution is -0.139. The van der Waals surface area contributed by atoms with Crippen LogP contribution in [0.5, 0.6) is 0 Å². The van der Waals surface area contributed by atoms with Gasteiger partial charge in [0.2, 0.25) is 0 Å². The summed E-state index contributed by atoms with van der Waals surface area (Å²) in [6.45, 7) is 0. The first-order valence-corrected chi connectivity index (χ1v) is 8.63. The molecule has 3 rings (SSSR count). The first-order valence-electron chi connectivity index (χ1n) is 7.88. The second kappa shape index (κ2) is 8.05. The molecular weight excluding hydrogens is 412 g/mol. The van der Waals surface area contributed by atoms with Crippen LogP contribution in [0.2, 0.25) is 10.0 Å². The van der Waals surface area contributed by atoms with E-state index < -0.39 is 12.1 Å². The van der Waals surface area contributed by atoms with Crippen molar-refractivity contribution < 1.29 is 13.2 Å². The molecule has 28 heavy (non-hydrogen) atoms. The standard InChI is InChI=1S/C19H11Cl2F3N4/c20-15-6-13(7-16(21)8-15)17(19(22,23)24)3-1-12-2-4-18(14(5-12)9-25)28-11-26-10-27-28/h1-8,10-11,17H/t17-/m1/s1. The number of aromatic nitrogens is 3. The summed E-state index contributed by atoms with van der Waals surface area (Å²) >= 11 is 11.7. The van der Waals surface area contributed by atoms with Gasteiger partial charge in [-0.3, -0.25) is 0 Å². The van der Waals surface area contributed by atoms with Crippen LogP contribution in [-0.4, -0.2) is 20.9 Å². The predicted octanol–water partition coefficient (Wildman–Crippen LogP) is 5.81. The predicted molar refractivity (Wildman–Crippen MR) is 100 cm³/mol. The maximum atomic E-state index is 13.6. The van der Waals surface area contributed by atoms with Crippen molar-refractivity contribution >= 4 is 29.3 Å². The molecule has 0 radical (unpaired) electrons. The van der Waals surface area contributed by atoms with Gasteiger partial charge in [0.25, 0.3) is 0 Å². The fourth-order valence-electron chi connectivity index (χ4n) is 2.65. The van der Waals surface area contributed by atoms with Crippen molar-refractivity contribution in [3.05, 3.63) is 81.9 Å². The van der Waals surface area contributed by atoms with Crippen LogP contribution in [0.1, 0.15) is 22.6 Å². The molecule has 0 amide bonds. The third kappa shape index (κ3) is 4.53. The zero-order valence-corrected chi connectivity index (χ0v) is 15.5. The highest BCUT2D eigenvalue weighted by Gasteiger charge is 2.39. The zero-order valence-electron chi connectivity index (χ0n) is 14.0. The highest BCUT2D eigenvalue weighted by atomic mass is 35.5. The minimum atomic E-state index is -4.54. The second-order valence-electron chi connectivity index (χ2n) is 5.81. The summed E-state index contributed by atoms with van der Waals surface area (Å²) in [5.74, 6) is -1.90. The first kappa shape index (κ1) is 19.9. The van der Waals surface area contributed by atoms with E-state index >= 15 is 0 Å². The normalized spacial score (nSPS) is 12.9. The van der Waals surface area contributed by atoms with Gasteiger partial charge in [-0.05, 0) is 41.5 Å². The summed E-state index contributed by atoms with van der Waals surface area (Å²) in [5.41, 5.74) is 1.09. The Labute approximate surface area is 168 Å². The van der Waals surface area contributed by atoms with E-state index in [0.717, 1.165) is 6.08 Å². The molecule has 142 valence electrons. The van der Waals surface area contributed by atoms with Crippen LogP contribution in [0.4, 0.5) is 13.2 Å². The van der Waals surface area contributed by atoms with Gasteiger partial charge in [0.05, 0.1) is 17.2 Å². The number of rotatable bonds is 4. The van der Waals surface area contributed by atoms with Gasteiger partial charge in [-0.1, -0.05) is 41.4 Å². The molecule has 4 nitrogen and oxygen atoms in total. The molecule has 0 fully saturated rings. The van der Waals surface area contributed by atoms with Crippen molar-refractivity contribution in [3.8, 4) is 11.8 Å². The fourth-order valence-corrected chi connectivity index (χ4v) is 3.19. The summed E-state index contributed by atoms with van der Waals surface area (Å²) in [6.07, 6.45) is 0.517. The number of alkyl halides is 3. The molecule has 1 aromatic heterocycles. The fraction of sp³-hybridized carbons (Fsp3) is 0.105. The Kier molecular flexibility index (Phi) is 5.73. The SMILES string of the molecule is N#Cc1cc(C=C[C@H](c2cc(Cl)cc(Cl)c2)C(F)(F)F)ccc1-n1cncn1. The molecule has 0 unspecified atom stereocenters. The summed E-state index contributed by atoms with van der Waals surface area (Å²) in [7, 11) is 0. The lowest BCUT2D eigenvalue weighted by Crippen LogP contribution is -2.18.